The van der Waals surface area contributed by atoms with Crippen LogP contribution >= 0.6 is 24.0 Å². The number of hydrogen-bond donors (Lipinski definition) is 1. The minimum absolute atomic E-state index is 0. The minimum Gasteiger partial charge on any atom is -0.314 e. The van der Waals surface area contributed by atoms with E-state index < -0.39 is 14.9 Å². The molecule has 140 valence electrons. The van der Waals surface area contributed by atoms with Gasteiger partial charge in [0.15, 0.2) is 0 Å². The number of benzene rings is 1. The van der Waals surface area contributed by atoms with Gasteiger partial charge in [0.2, 0.25) is 10.0 Å². The Hall–Kier alpha value is -0.970. The lowest BCUT2D eigenvalue weighted by Gasteiger charge is -2.32. The maximum absolute atomic E-state index is 12.8. The second-order valence-corrected chi connectivity index (χ2v) is 8.28. The molecule has 2 heterocycles. The Kier molecular flexibility index (Phi) is 6.63. The first-order chi connectivity index (χ1) is 11.4. The monoisotopic (exact) mass is 410 g/mol. The molecule has 25 heavy (non-hydrogen) atoms. The van der Waals surface area contributed by atoms with Crippen LogP contribution in [0.4, 0.5) is 5.69 Å². The van der Waals surface area contributed by atoms with Gasteiger partial charge in [-0.05, 0) is 12.5 Å². The van der Waals surface area contributed by atoms with Crippen molar-refractivity contribution < 1.29 is 13.3 Å². The number of nitrogens with one attached hydrogen (secondary N) is 1. The summed E-state index contributed by atoms with van der Waals surface area (Å²) in [5, 5.41) is 13.9. The fourth-order valence-corrected chi connectivity index (χ4v) is 5.23. The van der Waals surface area contributed by atoms with Crippen molar-refractivity contribution in [3.8, 4) is 0 Å². The second-order valence-electron chi connectivity index (χ2n) is 5.96. The minimum atomic E-state index is -3.75. The normalized spacial score (nSPS) is 22.5. The molecule has 0 saturated carbocycles. The number of nitro benzene ring substituents is 1. The van der Waals surface area contributed by atoms with Crippen LogP contribution < -0.4 is 5.32 Å². The van der Waals surface area contributed by atoms with E-state index >= 15 is 0 Å². The van der Waals surface area contributed by atoms with Crippen molar-refractivity contribution in [2.45, 2.75) is 17.4 Å². The van der Waals surface area contributed by atoms with Crippen LogP contribution in [0, 0.1) is 10.1 Å². The molecule has 1 unspecified atom stereocenters. The predicted molar refractivity (Wildman–Crippen MR) is 97.0 cm³/mol. The molecule has 1 aromatic rings. The molecule has 0 radical (unpaired) electrons. The van der Waals surface area contributed by atoms with Gasteiger partial charge in [0.25, 0.3) is 5.69 Å². The average molecular weight is 411 g/mol. The van der Waals surface area contributed by atoms with Crippen LogP contribution in [-0.2, 0) is 10.0 Å². The first kappa shape index (κ1) is 20.3. The van der Waals surface area contributed by atoms with Gasteiger partial charge in [-0.3, -0.25) is 15.0 Å². The highest BCUT2D eigenvalue weighted by Crippen LogP contribution is 2.31. The zero-order valence-electron chi connectivity index (χ0n) is 13.4. The lowest BCUT2D eigenvalue weighted by Crippen LogP contribution is -2.49. The van der Waals surface area contributed by atoms with Gasteiger partial charge in [0, 0.05) is 57.4 Å². The average Bonchev–Trinajstić information content (AvgIpc) is 3.06. The smallest absolute Gasteiger partial charge is 0.271 e. The lowest BCUT2D eigenvalue weighted by atomic mass is 10.2. The van der Waals surface area contributed by atoms with E-state index in [0.717, 1.165) is 38.7 Å². The van der Waals surface area contributed by atoms with E-state index in [4.69, 9.17) is 11.6 Å². The maximum Gasteiger partial charge on any atom is 0.271 e. The molecule has 0 spiro atoms. The molecule has 8 nitrogen and oxygen atoms in total. The fourth-order valence-electron chi connectivity index (χ4n) is 3.23. The number of piperazine rings is 1. The summed E-state index contributed by atoms with van der Waals surface area (Å²) in [5.41, 5.74) is -0.223. The van der Waals surface area contributed by atoms with Crippen LogP contribution in [0.3, 0.4) is 0 Å². The van der Waals surface area contributed by atoms with Gasteiger partial charge in [-0.15, -0.1) is 12.4 Å². The quantitative estimate of drug-likeness (QED) is 0.594. The molecule has 0 aliphatic carbocycles. The number of halogens is 2. The van der Waals surface area contributed by atoms with Crippen LogP contribution in [0.5, 0.6) is 0 Å². The third kappa shape index (κ3) is 4.24. The molecular weight excluding hydrogens is 391 g/mol. The number of sulfonamides is 1. The summed E-state index contributed by atoms with van der Waals surface area (Å²) in [6, 6.07) is 3.67. The Bertz CT molecular complexity index is 740. The van der Waals surface area contributed by atoms with Crippen LogP contribution in [0.1, 0.15) is 6.42 Å². The van der Waals surface area contributed by atoms with Gasteiger partial charge in [0.1, 0.15) is 4.90 Å². The molecule has 2 fully saturated rings. The summed E-state index contributed by atoms with van der Waals surface area (Å²) < 4.78 is 27.0. The van der Waals surface area contributed by atoms with E-state index in [1.165, 1.54) is 16.4 Å². The molecule has 3 rings (SSSR count). The molecule has 1 N–H and O–H groups in total. The molecule has 0 aromatic heterocycles. The predicted octanol–water partition coefficient (Wildman–Crippen LogP) is 1.34. The van der Waals surface area contributed by atoms with Crippen LogP contribution in [0.15, 0.2) is 23.1 Å². The molecule has 0 amide bonds. The van der Waals surface area contributed by atoms with E-state index in [1.807, 2.05) is 0 Å². The van der Waals surface area contributed by atoms with Crippen molar-refractivity contribution in [3.63, 3.8) is 0 Å². The van der Waals surface area contributed by atoms with Crippen molar-refractivity contribution >= 4 is 39.7 Å². The number of rotatable bonds is 4. The summed E-state index contributed by atoms with van der Waals surface area (Å²) in [4.78, 5) is 12.4. The summed E-state index contributed by atoms with van der Waals surface area (Å²) >= 11 is 5.99. The highest BCUT2D eigenvalue weighted by molar-refractivity contribution is 7.89. The van der Waals surface area contributed by atoms with E-state index in [1.54, 1.807) is 0 Å². The van der Waals surface area contributed by atoms with Crippen molar-refractivity contribution in [1.82, 2.24) is 14.5 Å². The first-order valence-corrected chi connectivity index (χ1v) is 9.60. The fraction of sp³-hybridized carbons (Fsp3) is 0.571. The topological polar surface area (TPSA) is 95.8 Å². The highest BCUT2D eigenvalue weighted by Gasteiger charge is 2.36. The largest absolute Gasteiger partial charge is 0.314 e. The Morgan fingerprint density at radius 2 is 1.92 bits per heavy atom. The number of hydrogen-bond acceptors (Lipinski definition) is 6. The Balaban J connectivity index is 0.00000225. The van der Waals surface area contributed by atoms with Crippen LogP contribution in [0.25, 0.3) is 0 Å². The molecule has 11 heteroatoms. The van der Waals surface area contributed by atoms with Gasteiger partial charge >= 0.3 is 0 Å². The van der Waals surface area contributed by atoms with Gasteiger partial charge in [0.05, 0.1) is 9.95 Å². The van der Waals surface area contributed by atoms with Crippen molar-refractivity contribution in [1.29, 1.82) is 0 Å². The number of nitro groups is 1. The summed E-state index contributed by atoms with van der Waals surface area (Å²) in [6.07, 6.45) is 0.782. The standard InChI is InChI=1S/C14H19ClN4O4S.ClH/c15-13-9-11(19(20)21)1-2-14(13)24(22,23)18-6-3-12(10-18)17-7-4-16-5-8-17;/h1-2,9,12,16H,3-8,10H2;1H. The van der Waals surface area contributed by atoms with Gasteiger partial charge in [-0.25, -0.2) is 8.42 Å². The molecule has 0 bridgehead atoms. The van der Waals surface area contributed by atoms with Gasteiger partial charge in [-0.2, -0.15) is 4.31 Å². The molecule has 2 aliphatic heterocycles. The molecule has 2 aliphatic rings. The third-order valence-electron chi connectivity index (χ3n) is 4.54. The molecular formula is C14H20Cl2N4O4S. The van der Waals surface area contributed by atoms with E-state index in [-0.39, 0.29) is 34.1 Å². The summed E-state index contributed by atoms with van der Waals surface area (Å²) in [5.74, 6) is 0. The third-order valence-corrected chi connectivity index (χ3v) is 6.89. The van der Waals surface area contributed by atoms with Crippen LogP contribution in [-0.4, -0.2) is 67.9 Å². The zero-order chi connectivity index (χ0) is 17.3. The van der Waals surface area contributed by atoms with E-state index in [0.29, 0.717) is 13.1 Å². The SMILES string of the molecule is Cl.O=[N+]([O-])c1ccc(S(=O)(=O)N2CCC(N3CCNCC3)C2)c(Cl)c1. The Labute approximate surface area is 157 Å². The molecule has 1 atom stereocenters. The molecule has 2 saturated heterocycles. The molecule has 1 aromatic carbocycles. The van der Waals surface area contributed by atoms with Crippen molar-refractivity contribution in [2.75, 3.05) is 39.3 Å². The van der Waals surface area contributed by atoms with Crippen molar-refractivity contribution in [2.24, 2.45) is 0 Å². The Morgan fingerprint density at radius 3 is 2.52 bits per heavy atom. The van der Waals surface area contributed by atoms with Gasteiger partial charge < -0.3 is 5.32 Å². The number of nitrogens with zero attached hydrogens (tertiary/aromatic N) is 3. The van der Waals surface area contributed by atoms with E-state index in [2.05, 4.69) is 10.2 Å². The van der Waals surface area contributed by atoms with Gasteiger partial charge in [-0.1, -0.05) is 11.6 Å². The highest BCUT2D eigenvalue weighted by atomic mass is 35.5. The summed E-state index contributed by atoms with van der Waals surface area (Å²) in [6.45, 7) is 4.52. The lowest BCUT2D eigenvalue weighted by molar-refractivity contribution is -0.384. The maximum atomic E-state index is 12.8. The van der Waals surface area contributed by atoms with Crippen LogP contribution in [0.2, 0.25) is 5.02 Å². The number of non-ortho nitro benzene ring substituents is 1. The Morgan fingerprint density at radius 1 is 1.24 bits per heavy atom. The van der Waals surface area contributed by atoms with E-state index in [9.17, 15) is 18.5 Å². The second kappa shape index (κ2) is 8.15. The summed E-state index contributed by atoms with van der Waals surface area (Å²) in [7, 11) is -3.75. The first-order valence-electron chi connectivity index (χ1n) is 7.78. The van der Waals surface area contributed by atoms with Crippen molar-refractivity contribution in [3.05, 3.63) is 33.3 Å². The zero-order valence-corrected chi connectivity index (χ0v) is 15.8.